The van der Waals surface area contributed by atoms with Crippen molar-refractivity contribution in [1.29, 1.82) is 0 Å². The molecule has 0 heterocycles. The number of carboxylic acid groups (broad SMARTS) is 2. The van der Waals surface area contributed by atoms with Gasteiger partial charge in [-0.05, 0) is 43.3 Å². The summed E-state index contributed by atoms with van der Waals surface area (Å²) in [5.41, 5.74) is 0.752. The summed E-state index contributed by atoms with van der Waals surface area (Å²) in [5, 5.41) is 17.9. The fourth-order valence-electron chi connectivity index (χ4n) is 2.92. The van der Waals surface area contributed by atoms with Crippen LogP contribution in [0.15, 0.2) is 42.5 Å². The number of carboxylic acids is 2. The van der Waals surface area contributed by atoms with Crippen LogP contribution in [0.1, 0.15) is 54.0 Å². The molecule has 9 nitrogen and oxygen atoms in total. The van der Waals surface area contributed by atoms with Crippen LogP contribution in [0.2, 0.25) is 0 Å². The van der Waals surface area contributed by atoms with Crippen molar-refractivity contribution >= 4 is 23.9 Å². The molecule has 0 spiro atoms. The van der Waals surface area contributed by atoms with Gasteiger partial charge >= 0.3 is 23.9 Å². The van der Waals surface area contributed by atoms with E-state index >= 15 is 0 Å². The highest BCUT2D eigenvalue weighted by Crippen LogP contribution is 2.25. The van der Waals surface area contributed by atoms with Gasteiger partial charge in [0.15, 0.2) is 0 Å². The molecule has 9 heteroatoms. The van der Waals surface area contributed by atoms with Crippen LogP contribution in [0.3, 0.4) is 0 Å². The first-order valence-corrected chi connectivity index (χ1v) is 10.4. The summed E-state index contributed by atoms with van der Waals surface area (Å²) in [6.07, 6.45) is 0.644. The minimum absolute atomic E-state index is 0.0160. The zero-order chi connectivity index (χ0) is 25.0. The molecule has 2 N–H and O–H groups in total. The number of carbonyl (C=O) groups is 4. The van der Waals surface area contributed by atoms with E-state index in [9.17, 15) is 24.3 Å². The topological polar surface area (TPSA) is 130 Å². The number of nitrogens with zero attached hydrogens (tertiary/aromatic N) is 1. The Morgan fingerprint density at radius 3 is 1.85 bits per heavy atom. The predicted molar refractivity (Wildman–Crippen MR) is 121 cm³/mol. The van der Waals surface area contributed by atoms with Crippen molar-refractivity contribution in [2.45, 2.75) is 34.1 Å². The van der Waals surface area contributed by atoms with E-state index in [0.29, 0.717) is 6.42 Å². The Bertz CT molecular complexity index is 982. The summed E-state index contributed by atoms with van der Waals surface area (Å²) < 4.78 is 9.79. The van der Waals surface area contributed by atoms with E-state index in [1.807, 2.05) is 0 Å². The Kier molecular flexibility index (Phi) is 11.3. The van der Waals surface area contributed by atoms with E-state index in [2.05, 4.69) is 23.5 Å². The Labute approximate surface area is 192 Å². The smallest absolute Gasteiger partial charge is 0.339 e. The van der Waals surface area contributed by atoms with Crippen molar-refractivity contribution in [2.24, 2.45) is 0 Å². The Hall–Kier alpha value is -3.72. The highest BCUT2D eigenvalue weighted by Gasteiger charge is 2.17. The van der Waals surface area contributed by atoms with Gasteiger partial charge in [0.1, 0.15) is 22.6 Å². The third kappa shape index (κ3) is 9.12. The molecule has 2 rings (SSSR count). The molecular formula is C24H29NO8. The van der Waals surface area contributed by atoms with Crippen molar-refractivity contribution in [3.63, 3.8) is 0 Å². The van der Waals surface area contributed by atoms with Crippen LogP contribution in [0.25, 0.3) is 0 Å². The van der Waals surface area contributed by atoms with Gasteiger partial charge < -0.3 is 24.6 Å². The minimum Gasteiger partial charge on any atom is -0.478 e. The molecule has 178 valence electrons. The normalized spacial score (nSPS) is 10.1. The van der Waals surface area contributed by atoms with E-state index < -0.39 is 23.9 Å². The van der Waals surface area contributed by atoms with E-state index in [4.69, 9.17) is 9.84 Å². The Balaban J connectivity index is 0.000000361. The van der Waals surface area contributed by atoms with E-state index in [0.717, 1.165) is 25.2 Å². The summed E-state index contributed by atoms with van der Waals surface area (Å²) in [7, 11) is 0. The van der Waals surface area contributed by atoms with Gasteiger partial charge in [0.2, 0.25) is 0 Å². The SMILES string of the molecule is CC(=O)Oc1ccccc1C(=O)O.CCN(CC)CCc1cccc(C(=O)O)c1OC(C)=O. The second-order valence-electron chi connectivity index (χ2n) is 6.86. The maximum Gasteiger partial charge on any atom is 0.339 e. The molecule has 0 aliphatic carbocycles. The average Bonchev–Trinajstić information content (AvgIpc) is 2.75. The molecule has 0 unspecified atom stereocenters. The number of benzene rings is 2. The van der Waals surface area contributed by atoms with Gasteiger partial charge in [-0.15, -0.1) is 0 Å². The van der Waals surface area contributed by atoms with Crippen LogP contribution < -0.4 is 9.47 Å². The molecule has 0 amide bonds. The molecule has 33 heavy (non-hydrogen) atoms. The van der Waals surface area contributed by atoms with Gasteiger partial charge in [0, 0.05) is 20.4 Å². The number of esters is 2. The zero-order valence-corrected chi connectivity index (χ0v) is 19.2. The fourth-order valence-corrected chi connectivity index (χ4v) is 2.92. The summed E-state index contributed by atoms with van der Waals surface area (Å²) in [6.45, 7) is 9.29. The maximum atomic E-state index is 11.2. The lowest BCUT2D eigenvalue weighted by Gasteiger charge is -2.19. The van der Waals surface area contributed by atoms with Crippen molar-refractivity contribution < 1.29 is 38.9 Å². The first-order chi connectivity index (χ1) is 15.6. The van der Waals surface area contributed by atoms with Crippen LogP contribution in [0, 0.1) is 0 Å². The largest absolute Gasteiger partial charge is 0.478 e. The van der Waals surface area contributed by atoms with Crippen molar-refractivity contribution in [1.82, 2.24) is 4.90 Å². The molecule has 0 aromatic heterocycles. The number of ether oxygens (including phenoxy) is 2. The number of carbonyl (C=O) groups excluding carboxylic acids is 2. The average molecular weight is 459 g/mol. The molecular weight excluding hydrogens is 430 g/mol. The molecule has 0 bridgehead atoms. The van der Waals surface area contributed by atoms with Crippen LogP contribution >= 0.6 is 0 Å². The van der Waals surface area contributed by atoms with Gasteiger partial charge in [-0.1, -0.05) is 38.1 Å². The third-order valence-corrected chi connectivity index (χ3v) is 4.54. The maximum absolute atomic E-state index is 11.2. The minimum atomic E-state index is -1.11. The quantitative estimate of drug-likeness (QED) is 0.427. The Morgan fingerprint density at radius 2 is 1.33 bits per heavy atom. The van der Waals surface area contributed by atoms with Gasteiger partial charge in [0.25, 0.3) is 0 Å². The first-order valence-electron chi connectivity index (χ1n) is 10.4. The fraction of sp³-hybridized carbons (Fsp3) is 0.333. The van der Waals surface area contributed by atoms with Gasteiger partial charge in [-0.2, -0.15) is 0 Å². The lowest BCUT2D eigenvalue weighted by Crippen LogP contribution is -2.25. The second-order valence-corrected chi connectivity index (χ2v) is 6.86. The van der Waals surface area contributed by atoms with Gasteiger partial charge in [-0.3, -0.25) is 9.59 Å². The molecule has 0 radical (unpaired) electrons. The summed E-state index contributed by atoms with van der Waals surface area (Å²) in [5.74, 6) is -3.01. The molecule has 0 aliphatic heterocycles. The van der Waals surface area contributed by atoms with E-state index in [1.54, 1.807) is 24.3 Å². The monoisotopic (exact) mass is 459 g/mol. The highest BCUT2D eigenvalue weighted by molar-refractivity contribution is 5.92. The predicted octanol–water partition coefficient (Wildman–Crippen LogP) is 3.50. The Morgan fingerprint density at radius 1 is 0.788 bits per heavy atom. The first kappa shape index (κ1) is 27.3. The molecule has 0 aliphatic rings. The van der Waals surface area contributed by atoms with Crippen LogP contribution in [-0.2, 0) is 16.0 Å². The molecule has 2 aromatic carbocycles. The second kappa shape index (κ2) is 13.6. The standard InChI is InChI=1S/C15H21NO4.C9H8O4/c1-4-16(5-2)10-9-12-7-6-8-13(15(18)19)14(12)20-11(3)17;1-6(10)13-8-5-3-2-4-7(8)9(11)12/h6-8H,4-5,9-10H2,1-3H3,(H,18,19);2-5H,1H3,(H,11,12). The summed E-state index contributed by atoms with van der Waals surface area (Å²) in [4.78, 5) is 45.8. The van der Waals surface area contributed by atoms with Crippen LogP contribution in [0.4, 0.5) is 0 Å². The van der Waals surface area contributed by atoms with Crippen molar-refractivity contribution in [3.8, 4) is 11.5 Å². The highest BCUT2D eigenvalue weighted by atomic mass is 16.5. The number of hydrogen-bond acceptors (Lipinski definition) is 7. The number of para-hydroxylation sites is 2. The lowest BCUT2D eigenvalue weighted by molar-refractivity contribution is -0.132. The molecule has 2 aromatic rings. The third-order valence-electron chi connectivity index (χ3n) is 4.54. The molecule has 0 fully saturated rings. The lowest BCUT2D eigenvalue weighted by atomic mass is 10.1. The number of rotatable bonds is 9. The molecule has 0 atom stereocenters. The van der Waals surface area contributed by atoms with Crippen LogP contribution in [0.5, 0.6) is 11.5 Å². The van der Waals surface area contributed by atoms with E-state index in [-0.39, 0.29) is 22.6 Å². The molecule has 0 saturated carbocycles. The van der Waals surface area contributed by atoms with Gasteiger partial charge in [0.05, 0.1) is 0 Å². The van der Waals surface area contributed by atoms with Crippen LogP contribution in [-0.4, -0.2) is 58.6 Å². The van der Waals surface area contributed by atoms with Crippen molar-refractivity contribution in [2.75, 3.05) is 19.6 Å². The van der Waals surface area contributed by atoms with Gasteiger partial charge in [-0.25, -0.2) is 9.59 Å². The number of aromatic carboxylic acids is 2. The number of likely N-dealkylation sites (N-methyl/N-ethyl adjacent to an activating group) is 1. The number of hydrogen-bond donors (Lipinski definition) is 2. The van der Waals surface area contributed by atoms with Crippen molar-refractivity contribution in [3.05, 3.63) is 59.2 Å². The van der Waals surface area contributed by atoms with E-state index in [1.165, 1.54) is 32.0 Å². The summed E-state index contributed by atoms with van der Waals surface area (Å²) in [6, 6.07) is 10.9. The summed E-state index contributed by atoms with van der Waals surface area (Å²) >= 11 is 0. The zero-order valence-electron chi connectivity index (χ0n) is 19.2. The molecule has 0 saturated heterocycles.